The molecular formula is C13H13N3O4. The van der Waals surface area contributed by atoms with Gasteiger partial charge in [0.1, 0.15) is 0 Å². The van der Waals surface area contributed by atoms with Gasteiger partial charge in [-0.1, -0.05) is 12.1 Å². The fourth-order valence-corrected chi connectivity index (χ4v) is 1.88. The molecule has 20 heavy (non-hydrogen) atoms. The van der Waals surface area contributed by atoms with Crippen molar-refractivity contribution in [1.82, 2.24) is 4.90 Å². The third kappa shape index (κ3) is 3.05. The third-order valence-corrected chi connectivity index (χ3v) is 2.90. The number of carbonyl (C=O) groups excluding carboxylic acids is 1. The van der Waals surface area contributed by atoms with Crippen molar-refractivity contribution in [2.75, 3.05) is 25.0 Å². The highest BCUT2D eigenvalue weighted by Gasteiger charge is 2.24. The van der Waals surface area contributed by atoms with Crippen molar-refractivity contribution in [3.05, 3.63) is 29.8 Å². The molecule has 1 heterocycles. The van der Waals surface area contributed by atoms with E-state index in [1.807, 2.05) is 6.07 Å². The molecule has 7 heteroatoms. The van der Waals surface area contributed by atoms with E-state index in [0.29, 0.717) is 6.54 Å². The van der Waals surface area contributed by atoms with Crippen molar-refractivity contribution >= 4 is 17.7 Å². The Hall–Kier alpha value is -2.59. The largest absolute Gasteiger partial charge is 0.478 e. The Kier molecular flexibility index (Phi) is 4.17. The summed E-state index contributed by atoms with van der Waals surface area (Å²) < 4.78 is 5.14. The lowest BCUT2D eigenvalue weighted by atomic mass is 10.2. The number of hydrogen-bond donors (Lipinski definition) is 2. The van der Waals surface area contributed by atoms with E-state index in [4.69, 9.17) is 15.1 Å². The van der Waals surface area contributed by atoms with E-state index in [2.05, 4.69) is 5.32 Å². The molecular weight excluding hydrogens is 262 g/mol. The summed E-state index contributed by atoms with van der Waals surface area (Å²) in [4.78, 5) is 24.5. The Balaban J connectivity index is 2.08. The third-order valence-electron chi connectivity index (χ3n) is 2.90. The van der Waals surface area contributed by atoms with Crippen LogP contribution in [0.3, 0.4) is 0 Å². The van der Waals surface area contributed by atoms with E-state index < -0.39 is 18.1 Å². The highest BCUT2D eigenvalue weighted by molar-refractivity contribution is 5.99. The average Bonchev–Trinajstić information content (AvgIpc) is 2.47. The second-order valence-electron chi connectivity index (χ2n) is 4.22. The number of hydrogen-bond acceptors (Lipinski definition) is 4. The topological polar surface area (TPSA) is 103 Å². The van der Waals surface area contributed by atoms with Crippen LogP contribution in [0, 0.1) is 11.3 Å². The van der Waals surface area contributed by atoms with Crippen LogP contribution < -0.4 is 5.32 Å². The maximum absolute atomic E-state index is 12.1. The van der Waals surface area contributed by atoms with Crippen LogP contribution in [0.4, 0.5) is 10.5 Å². The molecule has 0 saturated carbocycles. The Bertz CT molecular complexity index is 567. The van der Waals surface area contributed by atoms with Gasteiger partial charge in [-0.25, -0.2) is 9.59 Å². The molecule has 104 valence electrons. The summed E-state index contributed by atoms with van der Waals surface area (Å²) in [5.41, 5.74) is 0.246. The molecule has 0 bridgehead atoms. The predicted octanol–water partition coefficient (Wildman–Crippen LogP) is 1.14. The molecule has 1 saturated heterocycles. The number of nitrogens with zero attached hydrogens (tertiary/aromatic N) is 2. The number of benzene rings is 1. The first kappa shape index (κ1) is 13.8. The Morgan fingerprint density at radius 2 is 2.20 bits per heavy atom. The highest BCUT2D eigenvalue weighted by Crippen LogP contribution is 2.16. The second kappa shape index (κ2) is 6.04. The highest BCUT2D eigenvalue weighted by atomic mass is 16.5. The van der Waals surface area contributed by atoms with Gasteiger partial charge in [0, 0.05) is 6.54 Å². The first-order valence-corrected chi connectivity index (χ1v) is 6.01. The van der Waals surface area contributed by atoms with Crippen molar-refractivity contribution in [3.8, 4) is 6.07 Å². The van der Waals surface area contributed by atoms with Crippen LogP contribution in [-0.2, 0) is 4.74 Å². The number of morpholine rings is 1. The minimum absolute atomic E-state index is 0.0194. The summed E-state index contributed by atoms with van der Waals surface area (Å²) >= 11 is 0. The molecule has 0 aromatic heterocycles. The van der Waals surface area contributed by atoms with Crippen LogP contribution in [0.25, 0.3) is 0 Å². The fraction of sp³-hybridized carbons (Fsp3) is 0.308. The Morgan fingerprint density at radius 3 is 2.90 bits per heavy atom. The first-order chi connectivity index (χ1) is 9.61. The van der Waals surface area contributed by atoms with Crippen LogP contribution in [-0.4, -0.2) is 47.8 Å². The molecule has 2 N–H and O–H groups in total. The standard InChI is InChI=1S/C13H13N3O4/c14-7-9-8-16(5-6-20-9)13(19)15-11-4-2-1-3-10(11)12(17)18/h1-4,9H,5-6,8H2,(H,15,19)(H,17,18). The van der Waals surface area contributed by atoms with Crippen LogP contribution in [0.15, 0.2) is 24.3 Å². The summed E-state index contributed by atoms with van der Waals surface area (Å²) in [5.74, 6) is -1.11. The number of amides is 2. The number of nitrogens with one attached hydrogen (secondary N) is 1. The van der Waals surface area contributed by atoms with Crippen molar-refractivity contribution in [2.45, 2.75) is 6.10 Å². The maximum Gasteiger partial charge on any atom is 0.337 e. The number of carboxylic acids is 1. The smallest absolute Gasteiger partial charge is 0.337 e. The van der Waals surface area contributed by atoms with E-state index in [0.717, 1.165) is 0 Å². The average molecular weight is 275 g/mol. The molecule has 0 aliphatic carbocycles. The zero-order chi connectivity index (χ0) is 14.5. The van der Waals surface area contributed by atoms with E-state index in [9.17, 15) is 9.59 Å². The number of carbonyl (C=O) groups is 2. The van der Waals surface area contributed by atoms with Crippen LogP contribution in [0.1, 0.15) is 10.4 Å². The van der Waals surface area contributed by atoms with Gasteiger partial charge in [-0.15, -0.1) is 0 Å². The van der Waals surface area contributed by atoms with Crippen LogP contribution >= 0.6 is 0 Å². The number of nitriles is 1. The zero-order valence-electron chi connectivity index (χ0n) is 10.6. The van der Waals surface area contributed by atoms with E-state index >= 15 is 0 Å². The van der Waals surface area contributed by atoms with Gasteiger partial charge in [0.2, 0.25) is 0 Å². The van der Waals surface area contributed by atoms with E-state index in [1.165, 1.54) is 17.0 Å². The number of ether oxygens (including phenoxy) is 1. The van der Waals surface area contributed by atoms with Crippen molar-refractivity contribution in [1.29, 1.82) is 5.26 Å². The number of carboxylic acid groups (broad SMARTS) is 1. The molecule has 0 radical (unpaired) electrons. The van der Waals surface area contributed by atoms with Gasteiger partial charge in [0.25, 0.3) is 0 Å². The summed E-state index contributed by atoms with van der Waals surface area (Å²) in [6.45, 7) is 0.809. The molecule has 1 atom stereocenters. The summed E-state index contributed by atoms with van der Waals surface area (Å²) in [7, 11) is 0. The maximum atomic E-state index is 12.1. The van der Waals surface area contributed by atoms with Gasteiger partial charge in [0.05, 0.1) is 30.5 Å². The van der Waals surface area contributed by atoms with Crippen molar-refractivity contribution in [2.24, 2.45) is 0 Å². The quantitative estimate of drug-likeness (QED) is 0.842. The summed E-state index contributed by atoms with van der Waals surface area (Å²) in [6, 6.07) is 7.65. The molecule has 7 nitrogen and oxygen atoms in total. The van der Waals surface area contributed by atoms with Gasteiger partial charge >= 0.3 is 12.0 Å². The SMILES string of the molecule is N#CC1CN(C(=O)Nc2ccccc2C(=O)O)CCO1. The lowest BCUT2D eigenvalue weighted by Gasteiger charge is -2.29. The lowest BCUT2D eigenvalue weighted by molar-refractivity contribution is 0.0181. The second-order valence-corrected chi connectivity index (χ2v) is 4.22. The molecule has 1 aromatic rings. The predicted molar refractivity (Wildman–Crippen MR) is 69.3 cm³/mol. The van der Waals surface area contributed by atoms with E-state index in [1.54, 1.807) is 12.1 Å². The van der Waals surface area contributed by atoms with Crippen LogP contribution in [0.5, 0.6) is 0 Å². The fourth-order valence-electron chi connectivity index (χ4n) is 1.88. The number of rotatable bonds is 2. The molecule has 0 spiro atoms. The normalized spacial score (nSPS) is 18.1. The number of para-hydroxylation sites is 1. The monoisotopic (exact) mass is 275 g/mol. The van der Waals surface area contributed by atoms with Gasteiger partial charge in [0.15, 0.2) is 6.10 Å². The van der Waals surface area contributed by atoms with Gasteiger partial charge in [-0.3, -0.25) is 0 Å². The molecule has 2 rings (SSSR count). The first-order valence-electron chi connectivity index (χ1n) is 6.01. The summed E-state index contributed by atoms with van der Waals surface area (Å²) in [5, 5.41) is 20.4. The Labute approximate surface area is 115 Å². The van der Waals surface area contributed by atoms with Gasteiger partial charge in [-0.2, -0.15) is 5.26 Å². The van der Waals surface area contributed by atoms with Crippen LogP contribution in [0.2, 0.25) is 0 Å². The molecule has 1 aliphatic rings. The summed E-state index contributed by atoms with van der Waals surface area (Å²) in [6.07, 6.45) is -0.649. The Morgan fingerprint density at radius 1 is 1.45 bits per heavy atom. The molecule has 1 fully saturated rings. The van der Waals surface area contributed by atoms with Gasteiger partial charge in [-0.05, 0) is 12.1 Å². The zero-order valence-corrected chi connectivity index (χ0v) is 10.6. The van der Waals surface area contributed by atoms with Gasteiger partial charge < -0.3 is 20.1 Å². The minimum atomic E-state index is -1.11. The molecule has 1 aliphatic heterocycles. The lowest BCUT2D eigenvalue weighted by Crippen LogP contribution is -2.47. The number of aromatic carboxylic acids is 1. The van der Waals surface area contributed by atoms with Crippen molar-refractivity contribution < 1.29 is 19.4 Å². The van der Waals surface area contributed by atoms with E-state index in [-0.39, 0.29) is 24.4 Å². The minimum Gasteiger partial charge on any atom is -0.478 e. The molecule has 1 unspecified atom stereocenters. The number of anilines is 1. The molecule has 1 aromatic carbocycles. The number of urea groups is 1. The molecule has 2 amide bonds. The van der Waals surface area contributed by atoms with Crippen molar-refractivity contribution in [3.63, 3.8) is 0 Å².